The molecule has 2 N–H and O–H groups in total. The highest BCUT2D eigenvalue weighted by Crippen LogP contribution is 2.28. The third-order valence-corrected chi connectivity index (χ3v) is 4.83. The number of rotatable bonds is 1. The Morgan fingerprint density at radius 3 is 3.12 bits per heavy atom. The second kappa shape index (κ2) is 7.09. The number of nitrogens with zero attached hydrogens (tertiary/aromatic N) is 2. The van der Waals surface area contributed by atoms with Crippen LogP contribution in [-0.4, -0.2) is 47.2 Å². The summed E-state index contributed by atoms with van der Waals surface area (Å²) in [5, 5.41) is 3.45. The van der Waals surface area contributed by atoms with Gasteiger partial charge in [0.05, 0.1) is 17.6 Å². The average molecular weight is 351 g/mol. The van der Waals surface area contributed by atoms with Gasteiger partial charge in [-0.15, -0.1) is 12.4 Å². The van der Waals surface area contributed by atoms with Crippen molar-refractivity contribution in [2.45, 2.75) is 32.4 Å². The summed E-state index contributed by atoms with van der Waals surface area (Å²) in [4.78, 5) is 22.0. The van der Waals surface area contributed by atoms with E-state index in [0.29, 0.717) is 24.8 Å². The molecule has 1 saturated heterocycles. The lowest BCUT2D eigenvalue weighted by molar-refractivity contribution is 0.115. The van der Waals surface area contributed by atoms with Crippen molar-refractivity contribution in [2.75, 3.05) is 26.2 Å². The molecule has 2 aliphatic heterocycles. The van der Waals surface area contributed by atoms with Crippen molar-refractivity contribution in [3.05, 3.63) is 33.7 Å². The maximum atomic E-state index is 12.0. The van der Waals surface area contributed by atoms with E-state index in [1.165, 1.54) is 0 Å². The van der Waals surface area contributed by atoms with Crippen LogP contribution in [0.15, 0.2) is 16.9 Å². The summed E-state index contributed by atoms with van der Waals surface area (Å²) in [6, 6.07) is 4.53. The van der Waals surface area contributed by atoms with E-state index in [1.807, 2.05) is 19.1 Å². The Morgan fingerprint density at radius 1 is 1.42 bits per heavy atom. The summed E-state index contributed by atoms with van der Waals surface area (Å²) in [7, 11) is 0. The molecule has 4 rings (SSSR count). The number of hydrogen-bond acceptors (Lipinski definition) is 5. The zero-order chi connectivity index (χ0) is 15.8. The Balaban J connectivity index is 0.00000169. The van der Waals surface area contributed by atoms with Gasteiger partial charge in [0, 0.05) is 43.9 Å². The number of aryl methyl sites for hydroxylation is 1. The molecule has 2 aromatic rings. The minimum Gasteiger partial charge on any atom is -0.493 e. The number of piperazine rings is 1. The molecule has 0 aliphatic carbocycles. The summed E-state index contributed by atoms with van der Waals surface area (Å²) >= 11 is 0. The zero-order valence-electron chi connectivity index (χ0n) is 13.8. The maximum Gasteiger partial charge on any atom is 0.270 e. The van der Waals surface area contributed by atoms with Gasteiger partial charge in [-0.05, 0) is 18.9 Å². The monoisotopic (exact) mass is 350 g/mol. The Kier molecular flexibility index (Phi) is 5.08. The van der Waals surface area contributed by atoms with Crippen molar-refractivity contribution in [1.82, 2.24) is 20.2 Å². The highest BCUT2D eigenvalue weighted by atomic mass is 35.5. The predicted octanol–water partition coefficient (Wildman–Crippen LogP) is 1.46. The first-order valence-corrected chi connectivity index (χ1v) is 8.38. The molecule has 0 spiro atoms. The highest BCUT2D eigenvalue weighted by molar-refractivity contribution is 5.85. The van der Waals surface area contributed by atoms with Crippen LogP contribution in [-0.2, 0) is 13.0 Å². The molecule has 0 saturated carbocycles. The van der Waals surface area contributed by atoms with Crippen LogP contribution >= 0.6 is 12.4 Å². The smallest absolute Gasteiger partial charge is 0.270 e. The summed E-state index contributed by atoms with van der Waals surface area (Å²) in [6.45, 7) is 6.60. The molecule has 1 aromatic carbocycles. The largest absolute Gasteiger partial charge is 0.493 e. The molecule has 0 amide bonds. The quantitative estimate of drug-likeness (QED) is 0.815. The predicted molar refractivity (Wildman–Crippen MR) is 96.2 cm³/mol. The fourth-order valence-electron chi connectivity index (χ4n) is 3.51. The van der Waals surface area contributed by atoms with Gasteiger partial charge in [-0.1, -0.05) is 6.92 Å². The highest BCUT2D eigenvalue weighted by Gasteiger charge is 2.25. The van der Waals surface area contributed by atoms with E-state index in [1.54, 1.807) is 0 Å². The number of aromatic amines is 1. The first-order valence-electron chi connectivity index (χ1n) is 8.38. The number of halogens is 1. The van der Waals surface area contributed by atoms with E-state index in [0.717, 1.165) is 54.9 Å². The maximum absolute atomic E-state index is 12.0. The Labute approximate surface area is 147 Å². The number of ether oxygens (including phenoxy) is 1. The molecule has 7 heteroatoms. The molecule has 1 atom stereocenters. The topological polar surface area (TPSA) is 70.2 Å². The molecule has 2 aliphatic rings. The van der Waals surface area contributed by atoms with Crippen LogP contribution in [0.1, 0.15) is 24.6 Å². The van der Waals surface area contributed by atoms with Gasteiger partial charge in [-0.3, -0.25) is 9.69 Å². The molecule has 130 valence electrons. The van der Waals surface area contributed by atoms with Crippen LogP contribution in [0.25, 0.3) is 11.0 Å². The summed E-state index contributed by atoms with van der Waals surface area (Å²) in [5.41, 5.74) is 3.21. The van der Waals surface area contributed by atoms with Gasteiger partial charge in [0.1, 0.15) is 11.4 Å². The SMILES string of the molecule is CCc1nc2cc3c(cc2[nH]c1=O)CN1CCNC[C@@H]1CCO3.Cl. The lowest BCUT2D eigenvalue weighted by atomic mass is 10.1. The van der Waals surface area contributed by atoms with E-state index in [9.17, 15) is 4.79 Å². The van der Waals surface area contributed by atoms with Crippen molar-refractivity contribution in [3.63, 3.8) is 0 Å². The van der Waals surface area contributed by atoms with E-state index in [4.69, 9.17) is 4.74 Å². The normalized spacial score (nSPS) is 21.0. The third kappa shape index (κ3) is 3.14. The lowest BCUT2D eigenvalue weighted by Crippen LogP contribution is -2.51. The Hall–Kier alpha value is -1.63. The molecule has 0 bridgehead atoms. The molecule has 0 unspecified atom stereocenters. The fraction of sp³-hybridized carbons (Fsp3) is 0.529. The number of aromatic nitrogens is 2. The van der Waals surface area contributed by atoms with Gasteiger partial charge < -0.3 is 15.0 Å². The molecule has 6 nitrogen and oxygen atoms in total. The van der Waals surface area contributed by atoms with Crippen molar-refractivity contribution >= 4 is 23.4 Å². The van der Waals surface area contributed by atoms with Gasteiger partial charge in [0.2, 0.25) is 0 Å². The van der Waals surface area contributed by atoms with Gasteiger partial charge >= 0.3 is 0 Å². The molecule has 1 fully saturated rings. The van der Waals surface area contributed by atoms with Gasteiger partial charge in [-0.25, -0.2) is 4.98 Å². The average Bonchev–Trinajstić information content (AvgIpc) is 2.54. The van der Waals surface area contributed by atoms with Crippen molar-refractivity contribution < 1.29 is 4.74 Å². The second-order valence-electron chi connectivity index (χ2n) is 6.31. The van der Waals surface area contributed by atoms with Crippen LogP contribution in [0.5, 0.6) is 5.75 Å². The van der Waals surface area contributed by atoms with Crippen LogP contribution in [0, 0.1) is 0 Å². The van der Waals surface area contributed by atoms with Gasteiger partial charge in [0.15, 0.2) is 0 Å². The summed E-state index contributed by atoms with van der Waals surface area (Å²) in [6.07, 6.45) is 1.66. The molecule has 3 heterocycles. The number of H-pyrrole nitrogens is 1. The number of benzene rings is 1. The number of fused-ring (bicyclic) bond motifs is 3. The van der Waals surface area contributed by atoms with E-state index < -0.39 is 0 Å². The molecule has 0 radical (unpaired) electrons. The van der Waals surface area contributed by atoms with E-state index in [-0.39, 0.29) is 18.0 Å². The van der Waals surface area contributed by atoms with Crippen LogP contribution in [0.3, 0.4) is 0 Å². The van der Waals surface area contributed by atoms with Gasteiger partial charge in [-0.2, -0.15) is 0 Å². The second-order valence-corrected chi connectivity index (χ2v) is 6.31. The van der Waals surface area contributed by atoms with Gasteiger partial charge in [0.25, 0.3) is 5.56 Å². The lowest BCUT2D eigenvalue weighted by Gasteiger charge is -2.38. The number of nitrogens with one attached hydrogen (secondary N) is 2. The zero-order valence-corrected chi connectivity index (χ0v) is 14.6. The Bertz CT molecular complexity index is 792. The first-order chi connectivity index (χ1) is 11.2. The van der Waals surface area contributed by atoms with Crippen LogP contribution < -0.4 is 15.6 Å². The molecule has 24 heavy (non-hydrogen) atoms. The van der Waals surface area contributed by atoms with Crippen molar-refractivity contribution in [1.29, 1.82) is 0 Å². The standard InChI is InChI=1S/C17H22N4O2.ClH/c1-2-13-17(22)20-14-7-11-10-21-5-4-18-9-12(21)3-6-23-16(11)8-15(14)19-13;/h7-8,12,18H,2-6,9-10H2,1H3,(H,20,22);1H/t12-;/m0./s1. The summed E-state index contributed by atoms with van der Waals surface area (Å²) in [5.74, 6) is 0.899. The third-order valence-electron chi connectivity index (χ3n) is 4.83. The van der Waals surface area contributed by atoms with Crippen LogP contribution in [0.4, 0.5) is 0 Å². The van der Waals surface area contributed by atoms with Crippen LogP contribution in [0.2, 0.25) is 0 Å². The summed E-state index contributed by atoms with van der Waals surface area (Å²) < 4.78 is 6.00. The minimum absolute atomic E-state index is 0. The van der Waals surface area contributed by atoms with Crippen molar-refractivity contribution in [2.24, 2.45) is 0 Å². The first kappa shape index (κ1) is 17.2. The number of hydrogen-bond donors (Lipinski definition) is 2. The molecule has 1 aromatic heterocycles. The molecular weight excluding hydrogens is 328 g/mol. The minimum atomic E-state index is -0.0910. The molecular formula is C17H23ClN4O2. The van der Waals surface area contributed by atoms with Crippen molar-refractivity contribution in [3.8, 4) is 5.75 Å². The Morgan fingerprint density at radius 2 is 2.29 bits per heavy atom. The van der Waals surface area contributed by atoms with E-state index in [2.05, 4.69) is 20.2 Å². The fourth-order valence-corrected chi connectivity index (χ4v) is 3.51. The van der Waals surface area contributed by atoms with E-state index >= 15 is 0 Å².